The molecule has 1 amide bonds. The van der Waals surface area contributed by atoms with E-state index in [1.54, 1.807) is 25.1 Å². The molecule has 1 unspecified atom stereocenters. The Hall–Kier alpha value is -2.95. The molecular weight excluding hydrogens is 307 g/mol. The second kappa shape index (κ2) is 6.28. The number of aromatic amines is 1. The molecule has 0 saturated heterocycles. The number of aromatic nitrogens is 1. The molecule has 0 aliphatic carbocycles. The van der Waals surface area contributed by atoms with Crippen molar-refractivity contribution < 1.29 is 9.18 Å². The molecule has 1 aromatic heterocycles. The molecule has 1 atom stereocenters. The minimum Gasteiger partial charge on any atom is -0.369 e. The van der Waals surface area contributed by atoms with Crippen LogP contribution in [0.5, 0.6) is 0 Å². The van der Waals surface area contributed by atoms with Crippen molar-refractivity contribution in [2.45, 2.75) is 19.3 Å². The molecule has 1 heterocycles. The maximum atomic E-state index is 13.3. The van der Waals surface area contributed by atoms with E-state index in [4.69, 9.17) is 5.73 Å². The van der Waals surface area contributed by atoms with Gasteiger partial charge in [-0.3, -0.25) is 9.59 Å². The average Bonchev–Trinajstić information content (AvgIpc) is 2.56. The fraction of sp³-hybridized carbons (Fsp3) is 0.158. The highest BCUT2D eigenvalue weighted by molar-refractivity contribution is 5.98. The Morgan fingerprint density at radius 1 is 1.17 bits per heavy atom. The number of H-pyrrole nitrogens is 1. The Morgan fingerprint density at radius 3 is 2.46 bits per heavy atom. The van der Waals surface area contributed by atoms with Crippen LogP contribution in [0, 0.1) is 5.82 Å². The summed E-state index contributed by atoms with van der Waals surface area (Å²) >= 11 is 0. The molecule has 3 rings (SSSR count). The van der Waals surface area contributed by atoms with E-state index < -0.39 is 11.8 Å². The summed E-state index contributed by atoms with van der Waals surface area (Å²) in [5.74, 6) is -1.63. The maximum absolute atomic E-state index is 13.3. The first-order chi connectivity index (χ1) is 11.5. The van der Waals surface area contributed by atoms with E-state index in [1.165, 1.54) is 12.1 Å². The minimum atomic E-state index is -0.710. The van der Waals surface area contributed by atoms with Gasteiger partial charge in [0.1, 0.15) is 5.82 Å². The van der Waals surface area contributed by atoms with Crippen molar-refractivity contribution in [3.8, 4) is 11.1 Å². The van der Waals surface area contributed by atoms with Gasteiger partial charge in [0.25, 0.3) is 5.56 Å². The number of carbonyl (C=O) groups is 1. The van der Waals surface area contributed by atoms with Crippen molar-refractivity contribution in [2.75, 3.05) is 0 Å². The monoisotopic (exact) mass is 324 g/mol. The van der Waals surface area contributed by atoms with Gasteiger partial charge in [-0.15, -0.1) is 0 Å². The van der Waals surface area contributed by atoms with Gasteiger partial charge >= 0.3 is 0 Å². The number of amides is 1. The van der Waals surface area contributed by atoms with Gasteiger partial charge in [0.05, 0.1) is 5.92 Å². The number of carbonyl (C=O) groups excluding carboxylic acids is 1. The third kappa shape index (κ3) is 2.69. The van der Waals surface area contributed by atoms with Gasteiger partial charge in [-0.2, -0.15) is 0 Å². The highest BCUT2D eigenvalue weighted by atomic mass is 19.1. The SMILES string of the molecule is CCC(C(N)=O)c1c(-c2ccc(F)cc2)c2ccccc2[nH]c1=O. The number of nitrogens with one attached hydrogen (secondary N) is 1. The molecule has 122 valence electrons. The summed E-state index contributed by atoms with van der Waals surface area (Å²) in [5.41, 5.74) is 7.45. The highest BCUT2D eigenvalue weighted by Gasteiger charge is 2.25. The summed E-state index contributed by atoms with van der Waals surface area (Å²) in [5, 5.41) is 0.790. The Kier molecular flexibility index (Phi) is 4.16. The number of rotatable bonds is 4. The Morgan fingerprint density at radius 2 is 1.83 bits per heavy atom. The summed E-state index contributed by atoms with van der Waals surface area (Å²) in [6, 6.07) is 13.2. The molecule has 0 aliphatic heterocycles. The lowest BCUT2D eigenvalue weighted by Gasteiger charge is -2.18. The van der Waals surface area contributed by atoms with Gasteiger partial charge in [0.2, 0.25) is 5.91 Å². The molecule has 0 spiro atoms. The van der Waals surface area contributed by atoms with E-state index in [9.17, 15) is 14.0 Å². The predicted octanol–water partition coefficient (Wildman–Crippen LogP) is 3.31. The summed E-state index contributed by atoms with van der Waals surface area (Å²) < 4.78 is 13.3. The van der Waals surface area contributed by atoms with Gasteiger partial charge in [-0.05, 0) is 30.2 Å². The van der Waals surface area contributed by atoms with Crippen LogP contribution < -0.4 is 11.3 Å². The Bertz CT molecular complexity index is 961. The number of fused-ring (bicyclic) bond motifs is 1. The zero-order valence-corrected chi connectivity index (χ0v) is 13.2. The van der Waals surface area contributed by atoms with E-state index in [-0.39, 0.29) is 11.4 Å². The van der Waals surface area contributed by atoms with Crippen molar-refractivity contribution in [3.63, 3.8) is 0 Å². The van der Waals surface area contributed by atoms with E-state index in [0.717, 1.165) is 5.39 Å². The topological polar surface area (TPSA) is 76.0 Å². The number of benzene rings is 2. The first kappa shape index (κ1) is 15.9. The fourth-order valence-corrected chi connectivity index (χ4v) is 3.07. The molecule has 0 radical (unpaired) electrons. The molecule has 2 aromatic carbocycles. The van der Waals surface area contributed by atoms with E-state index in [1.807, 2.05) is 18.2 Å². The van der Waals surface area contributed by atoms with E-state index in [0.29, 0.717) is 28.6 Å². The van der Waals surface area contributed by atoms with Crippen LogP contribution in [0.1, 0.15) is 24.8 Å². The lowest BCUT2D eigenvalue weighted by Crippen LogP contribution is -2.28. The van der Waals surface area contributed by atoms with Gasteiger partial charge < -0.3 is 10.7 Å². The number of para-hydroxylation sites is 1. The predicted molar refractivity (Wildman–Crippen MR) is 92.2 cm³/mol. The maximum Gasteiger partial charge on any atom is 0.253 e. The van der Waals surface area contributed by atoms with Crippen molar-refractivity contribution in [1.29, 1.82) is 0 Å². The first-order valence-electron chi connectivity index (χ1n) is 7.73. The van der Waals surface area contributed by atoms with Crippen LogP contribution in [0.15, 0.2) is 53.3 Å². The van der Waals surface area contributed by atoms with Crippen molar-refractivity contribution in [2.24, 2.45) is 5.73 Å². The van der Waals surface area contributed by atoms with Crippen molar-refractivity contribution in [3.05, 3.63) is 70.3 Å². The molecule has 0 fully saturated rings. The van der Waals surface area contributed by atoms with E-state index in [2.05, 4.69) is 4.98 Å². The number of pyridine rings is 1. The summed E-state index contributed by atoms with van der Waals surface area (Å²) in [4.78, 5) is 27.3. The molecule has 0 saturated carbocycles. The number of hydrogen-bond acceptors (Lipinski definition) is 2. The summed E-state index contributed by atoms with van der Waals surface area (Å²) in [6.07, 6.45) is 0.408. The lowest BCUT2D eigenvalue weighted by molar-refractivity contribution is -0.119. The quantitative estimate of drug-likeness (QED) is 0.772. The number of nitrogens with two attached hydrogens (primary N) is 1. The molecule has 4 nitrogen and oxygen atoms in total. The zero-order chi connectivity index (χ0) is 17.3. The van der Waals surface area contributed by atoms with Crippen LogP contribution in [0.4, 0.5) is 4.39 Å². The first-order valence-corrected chi connectivity index (χ1v) is 7.73. The van der Waals surface area contributed by atoms with Gasteiger partial charge in [0.15, 0.2) is 0 Å². The average molecular weight is 324 g/mol. The van der Waals surface area contributed by atoms with Gasteiger partial charge in [-0.25, -0.2) is 4.39 Å². The number of primary amides is 1. The standard InChI is InChI=1S/C19H17FN2O2/c1-2-13(18(21)23)17-16(11-7-9-12(20)10-8-11)14-5-3-4-6-15(14)22-19(17)24/h3-10,13H,2H2,1H3,(H2,21,23)(H,22,24). The minimum absolute atomic E-state index is 0.329. The second-order valence-electron chi connectivity index (χ2n) is 5.66. The number of halogens is 1. The molecule has 0 bridgehead atoms. The normalized spacial score (nSPS) is 12.2. The van der Waals surface area contributed by atoms with Crippen LogP contribution in [0.3, 0.4) is 0 Å². The van der Waals surface area contributed by atoms with Gasteiger partial charge in [0, 0.05) is 22.0 Å². The molecular formula is C19H17FN2O2. The molecule has 0 aliphatic rings. The lowest BCUT2D eigenvalue weighted by atomic mass is 9.87. The van der Waals surface area contributed by atoms with Crippen LogP contribution in [-0.4, -0.2) is 10.9 Å². The smallest absolute Gasteiger partial charge is 0.253 e. The highest BCUT2D eigenvalue weighted by Crippen LogP contribution is 2.34. The molecule has 3 aromatic rings. The van der Waals surface area contributed by atoms with Crippen molar-refractivity contribution in [1.82, 2.24) is 4.98 Å². The van der Waals surface area contributed by atoms with Crippen LogP contribution in [0.2, 0.25) is 0 Å². The summed E-state index contributed by atoms with van der Waals surface area (Å²) in [6.45, 7) is 1.80. The largest absolute Gasteiger partial charge is 0.369 e. The molecule has 3 N–H and O–H groups in total. The third-order valence-electron chi connectivity index (χ3n) is 4.19. The zero-order valence-electron chi connectivity index (χ0n) is 13.2. The summed E-state index contributed by atoms with van der Waals surface area (Å²) in [7, 11) is 0. The van der Waals surface area contributed by atoms with Gasteiger partial charge in [-0.1, -0.05) is 37.3 Å². The number of hydrogen-bond donors (Lipinski definition) is 2. The van der Waals surface area contributed by atoms with Crippen LogP contribution in [0.25, 0.3) is 22.0 Å². The van der Waals surface area contributed by atoms with E-state index >= 15 is 0 Å². The van der Waals surface area contributed by atoms with Crippen LogP contribution in [-0.2, 0) is 4.79 Å². The van der Waals surface area contributed by atoms with Crippen LogP contribution >= 0.6 is 0 Å². The third-order valence-corrected chi connectivity index (χ3v) is 4.19. The second-order valence-corrected chi connectivity index (χ2v) is 5.66. The molecule has 24 heavy (non-hydrogen) atoms. The Labute approximate surface area is 138 Å². The Balaban J connectivity index is 2.44. The fourth-order valence-electron chi connectivity index (χ4n) is 3.07. The molecule has 5 heteroatoms. The van der Waals surface area contributed by atoms with Crippen molar-refractivity contribution >= 4 is 16.8 Å².